The van der Waals surface area contributed by atoms with Crippen LogP contribution in [0.3, 0.4) is 0 Å². The van der Waals surface area contributed by atoms with Gasteiger partial charge in [-0.05, 0) is 94.4 Å². The maximum atomic E-state index is 12.5. The zero-order valence-corrected chi connectivity index (χ0v) is 19.3. The SMILES string of the molecule is CCN(CC)C(=O)c1ccc(NC(=O)CCNC(=O)NC23CC4CC(CC(C4)C2)C3)cc1. The van der Waals surface area contributed by atoms with E-state index in [1.54, 1.807) is 29.2 Å². The molecule has 4 bridgehead atoms. The van der Waals surface area contributed by atoms with Gasteiger partial charge in [-0.2, -0.15) is 0 Å². The summed E-state index contributed by atoms with van der Waals surface area (Å²) < 4.78 is 0. The third kappa shape index (κ3) is 5.08. The van der Waals surface area contributed by atoms with Crippen LogP contribution in [0.15, 0.2) is 24.3 Å². The second-order valence-corrected chi connectivity index (χ2v) is 9.93. The number of nitrogens with zero attached hydrogens (tertiary/aromatic N) is 1. The molecule has 174 valence electrons. The summed E-state index contributed by atoms with van der Waals surface area (Å²) in [5.41, 5.74) is 1.23. The first-order valence-electron chi connectivity index (χ1n) is 12.1. The van der Waals surface area contributed by atoms with Crippen molar-refractivity contribution < 1.29 is 14.4 Å². The highest BCUT2D eigenvalue weighted by atomic mass is 16.2. The molecule has 7 nitrogen and oxygen atoms in total. The minimum absolute atomic E-state index is 0.0119. The lowest BCUT2D eigenvalue weighted by atomic mass is 9.53. The number of rotatable bonds is 8. The molecule has 0 atom stereocenters. The van der Waals surface area contributed by atoms with Gasteiger partial charge in [-0.1, -0.05) is 0 Å². The number of benzene rings is 1. The molecule has 1 aromatic carbocycles. The minimum Gasteiger partial charge on any atom is -0.339 e. The topological polar surface area (TPSA) is 90.5 Å². The van der Waals surface area contributed by atoms with Crippen molar-refractivity contribution in [3.63, 3.8) is 0 Å². The number of carbonyl (C=O) groups excluding carboxylic acids is 3. The van der Waals surface area contributed by atoms with E-state index in [2.05, 4.69) is 16.0 Å². The van der Waals surface area contributed by atoms with Gasteiger partial charge in [-0.3, -0.25) is 9.59 Å². The molecular formula is C25H36N4O3. The van der Waals surface area contributed by atoms with Gasteiger partial charge in [0.2, 0.25) is 5.91 Å². The molecule has 3 N–H and O–H groups in total. The quantitative estimate of drug-likeness (QED) is 0.575. The van der Waals surface area contributed by atoms with Crippen LogP contribution in [-0.2, 0) is 4.79 Å². The fourth-order valence-electron chi connectivity index (χ4n) is 6.45. The lowest BCUT2D eigenvalue weighted by molar-refractivity contribution is -0.116. The highest BCUT2D eigenvalue weighted by Gasteiger charge is 2.51. The van der Waals surface area contributed by atoms with Crippen LogP contribution in [0.25, 0.3) is 0 Å². The number of hydrogen-bond acceptors (Lipinski definition) is 3. The molecule has 0 saturated heterocycles. The van der Waals surface area contributed by atoms with Gasteiger partial charge in [0.25, 0.3) is 5.91 Å². The van der Waals surface area contributed by atoms with Crippen LogP contribution in [0.2, 0.25) is 0 Å². The van der Waals surface area contributed by atoms with E-state index in [9.17, 15) is 14.4 Å². The van der Waals surface area contributed by atoms with E-state index in [1.807, 2.05) is 13.8 Å². The summed E-state index contributed by atoms with van der Waals surface area (Å²) in [6, 6.07) is 6.78. The minimum atomic E-state index is -0.164. The summed E-state index contributed by atoms with van der Waals surface area (Å²) in [6.45, 7) is 5.53. The van der Waals surface area contributed by atoms with Crippen LogP contribution in [0, 0.1) is 17.8 Å². The fraction of sp³-hybridized carbons (Fsp3) is 0.640. The van der Waals surface area contributed by atoms with Crippen molar-refractivity contribution in [2.45, 2.75) is 64.3 Å². The Hall–Kier alpha value is -2.57. The Morgan fingerprint density at radius 1 is 0.938 bits per heavy atom. The lowest BCUT2D eigenvalue weighted by Crippen LogP contribution is -2.61. The van der Waals surface area contributed by atoms with Crippen LogP contribution < -0.4 is 16.0 Å². The van der Waals surface area contributed by atoms with Gasteiger partial charge in [0, 0.05) is 42.8 Å². The summed E-state index contributed by atoms with van der Waals surface area (Å²) in [7, 11) is 0. The summed E-state index contributed by atoms with van der Waals surface area (Å²) in [5.74, 6) is 2.16. The summed E-state index contributed by atoms with van der Waals surface area (Å²) in [5, 5.41) is 8.96. The zero-order chi connectivity index (χ0) is 22.7. The first-order chi connectivity index (χ1) is 15.4. The van der Waals surface area contributed by atoms with Crippen molar-refractivity contribution in [1.29, 1.82) is 0 Å². The summed E-state index contributed by atoms with van der Waals surface area (Å²) in [6.07, 6.45) is 7.56. The van der Waals surface area contributed by atoms with E-state index < -0.39 is 0 Å². The Morgan fingerprint density at radius 3 is 2.03 bits per heavy atom. The van der Waals surface area contributed by atoms with Gasteiger partial charge >= 0.3 is 6.03 Å². The molecule has 0 spiro atoms. The van der Waals surface area contributed by atoms with E-state index in [1.165, 1.54) is 19.3 Å². The number of carbonyl (C=O) groups is 3. The maximum Gasteiger partial charge on any atom is 0.315 e. The number of anilines is 1. The van der Waals surface area contributed by atoms with Gasteiger partial charge in [-0.15, -0.1) is 0 Å². The largest absolute Gasteiger partial charge is 0.339 e. The van der Waals surface area contributed by atoms with Crippen LogP contribution in [0.4, 0.5) is 10.5 Å². The molecule has 4 fully saturated rings. The van der Waals surface area contributed by atoms with Crippen LogP contribution in [-0.4, -0.2) is 47.9 Å². The van der Waals surface area contributed by atoms with Gasteiger partial charge in [-0.25, -0.2) is 4.79 Å². The van der Waals surface area contributed by atoms with Crippen molar-refractivity contribution in [2.24, 2.45) is 17.8 Å². The first-order valence-corrected chi connectivity index (χ1v) is 12.1. The van der Waals surface area contributed by atoms with E-state index >= 15 is 0 Å². The van der Waals surface area contributed by atoms with Crippen LogP contribution in [0.1, 0.15) is 69.2 Å². The molecule has 0 aromatic heterocycles. The fourth-order valence-corrected chi connectivity index (χ4v) is 6.45. The zero-order valence-electron chi connectivity index (χ0n) is 19.3. The van der Waals surface area contributed by atoms with Crippen molar-refractivity contribution in [3.8, 4) is 0 Å². The van der Waals surface area contributed by atoms with E-state index in [4.69, 9.17) is 0 Å². The number of nitrogens with one attached hydrogen (secondary N) is 3. The predicted octanol–water partition coefficient (Wildman–Crippen LogP) is 3.77. The molecule has 1 aromatic rings. The highest BCUT2D eigenvalue weighted by molar-refractivity contribution is 5.96. The van der Waals surface area contributed by atoms with Crippen molar-refractivity contribution in [1.82, 2.24) is 15.5 Å². The molecule has 0 heterocycles. The van der Waals surface area contributed by atoms with E-state index in [0.717, 1.165) is 37.0 Å². The second-order valence-electron chi connectivity index (χ2n) is 9.93. The number of amides is 4. The van der Waals surface area contributed by atoms with Gasteiger partial charge in [0.15, 0.2) is 0 Å². The Labute approximate surface area is 190 Å². The highest BCUT2D eigenvalue weighted by Crippen LogP contribution is 2.55. The molecule has 5 rings (SSSR count). The van der Waals surface area contributed by atoms with Gasteiger partial charge in [0.05, 0.1) is 0 Å². The Kier molecular flexibility index (Phi) is 6.72. The van der Waals surface area contributed by atoms with Gasteiger partial charge < -0.3 is 20.9 Å². The third-order valence-corrected chi connectivity index (χ3v) is 7.52. The molecule has 32 heavy (non-hydrogen) atoms. The Balaban J connectivity index is 1.19. The average Bonchev–Trinajstić information content (AvgIpc) is 2.73. The van der Waals surface area contributed by atoms with Gasteiger partial charge in [0.1, 0.15) is 0 Å². The predicted molar refractivity (Wildman–Crippen MR) is 124 cm³/mol. The first kappa shape index (κ1) is 22.6. The van der Waals surface area contributed by atoms with Crippen LogP contribution >= 0.6 is 0 Å². The Bertz CT molecular complexity index is 812. The average molecular weight is 441 g/mol. The monoisotopic (exact) mass is 440 g/mol. The molecule has 4 aliphatic carbocycles. The van der Waals surface area contributed by atoms with Crippen molar-refractivity contribution in [3.05, 3.63) is 29.8 Å². The third-order valence-electron chi connectivity index (χ3n) is 7.52. The number of urea groups is 1. The summed E-state index contributed by atoms with van der Waals surface area (Å²) >= 11 is 0. The number of hydrogen-bond donors (Lipinski definition) is 3. The standard InChI is InChI=1S/C25H36N4O3/c1-3-29(4-2)23(31)20-5-7-21(8-6-20)27-22(30)9-10-26-24(32)28-25-14-17-11-18(15-25)13-19(12-17)16-25/h5-8,17-19H,3-4,9-16H2,1-2H3,(H,27,30)(H2,26,28,32). The molecule has 0 radical (unpaired) electrons. The molecule has 0 unspecified atom stereocenters. The molecule has 0 aliphatic heterocycles. The van der Waals surface area contributed by atoms with E-state index in [0.29, 0.717) is 30.9 Å². The Morgan fingerprint density at radius 2 is 1.50 bits per heavy atom. The molecule has 4 saturated carbocycles. The smallest absolute Gasteiger partial charge is 0.315 e. The summed E-state index contributed by atoms with van der Waals surface area (Å²) in [4.78, 5) is 38.9. The van der Waals surface area contributed by atoms with Crippen LogP contribution in [0.5, 0.6) is 0 Å². The second kappa shape index (κ2) is 9.51. The van der Waals surface area contributed by atoms with Crippen molar-refractivity contribution in [2.75, 3.05) is 25.0 Å². The molecular weight excluding hydrogens is 404 g/mol. The normalized spacial score (nSPS) is 27.6. The van der Waals surface area contributed by atoms with E-state index in [-0.39, 0.29) is 29.8 Å². The lowest BCUT2D eigenvalue weighted by Gasteiger charge is -2.56. The van der Waals surface area contributed by atoms with Crippen molar-refractivity contribution >= 4 is 23.5 Å². The maximum absolute atomic E-state index is 12.5. The molecule has 7 heteroatoms. The molecule has 4 amide bonds. The molecule has 4 aliphatic rings.